The van der Waals surface area contributed by atoms with Crippen molar-refractivity contribution in [1.29, 1.82) is 0 Å². The fraction of sp³-hybridized carbons (Fsp3) is 0.462. The molecule has 5 heteroatoms. The molecule has 0 radical (unpaired) electrons. The van der Waals surface area contributed by atoms with Crippen LogP contribution in [0, 0.1) is 5.92 Å². The number of aliphatic carboxylic acids is 1. The summed E-state index contributed by atoms with van der Waals surface area (Å²) in [6.45, 7) is 2.03. The molecule has 1 saturated carbocycles. The lowest BCUT2D eigenvalue weighted by Gasteiger charge is -2.01. The Kier molecular flexibility index (Phi) is 3.19. The summed E-state index contributed by atoms with van der Waals surface area (Å²) in [6, 6.07) is 7.52. The fourth-order valence-electron chi connectivity index (χ4n) is 2.48. The molecule has 0 spiro atoms. The number of carboxylic acid groups (broad SMARTS) is 1. The summed E-state index contributed by atoms with van der Waals surface area (Å²) >= 11 is 0. The number of hydrogen-bond acceptors (Lipinski definition) is 3. The Morgan fingerprint density at radius 1 is 1.28 bits per heavy atom. The molecule has 2 rings (SSSR count). The Labute approximate surface area is 107 Å². The van der Waals surface area contributed by atoms with Gasteiger partial charge in [0.15, 0.2) is 9.84 Å². The number of carbonyl (C=O) groups is 1. The molecule has 1 aliphatic carbocycles. The van der Waals surface area contributed by atoms with Gasteiger partial charge in [0.05, 0.1) is 11.2 Å². The van der Waals surface area contributed by atoms with Crippen molar-refractivity contribution in [3.8, 4) is 0 Å². The molecule has 0 amide bonds. The van der Waals surface area contributed by atoms with E-state index in [-0.39, 0.29) is 0 Å². The number of hydrogen-bond donors (Lipinski definition) is 1. The minimum absolute atomic E-state index is 0.400. The molecule has 1 aliphatic rings. The Balaban J connectivity index is 2.30. The van der Waals surface area contributed by atoms with Gasteiger partial charge in [0.2, 0.25) is 0 Å². The number of rotatable bonds is 4. The van der Waals surface area contributed by atoms with Gasteiger partial charge >= 0.3 is 5.97 Å². The van der Waals surface area contributed by atoms with Crippen molar-refractivity contribution in [3.05, 3.63) is 35.4 Å². The first-order valence-electron chi connectivity index (χ1n) is 5.86. The Hall–Kier alpha value is -1.36. The zero-order valence-electron chi connectivity index (χ0n) is 10.3. The predicted octanol–water partition coefficient (Wildman–Crippen LogP) is 1.46. The van der Waals surface area contributed by atoms with Gasteiger partial charge in [-0.3, -0.25) is 4.79 Å². The molecule has 1 aromatic rings. The molecule has 3 atom stereocenters. The van der Waals surface area contributed by atoms with E-state index in [1.807, 2.05) is 31.2 Å². The molecule has 1 N–H and O–H groups in total. The van der Waals surface area contributed by atoms with Gasteiger partial charge in [-0.1, -0.05) is 31.2 Å². The summed E-state index contributed by atoms with van der Waals surface area (Å²) in [5, 5.41) is 8.28. The van der Waals surface area contributed by atoms with Gasteiger partial charge in [0.25, 0.3) is 0 Å². The van der Waals surface area contributed by atoms with Crippen LogP contribution >= 0.6 is 0 Å². The largest absolute Gasteiger partial charge is 0.481 e. The number of benzene rings is 1. The van der Waals surface area contributed by atoms with Crippen molar-refractivity contribution in [2.75, 3.05) is 6.26 Å². The highest BCUT2D eigenvalue weighted by Gasteiger charge is 2.61. The molecule has 98 valence electrons. The highest BCUT2D eigenvalue weighted by molar-refractivity contribution is 7.91. The van der Waals surface area contributed by atoms with Crippen LogP contribution in [0.2, 0.25) is 0 Å². The van der Waals surface area contributed by atoms with E-state index in [4.69, 9.17) is 5.11 Å². The molecule has 4 nitrogen and oxygen atoms in total. The summed E-state index contributed by atoms with van der Waals surface area (Å²) in [5.74, 6) is -2.23. The molecule has 0 aromatic heterocycles. The number of aryl methyl sites for hydroxylation is 1. The second kappa shape index (κ2) is 4.39. The molecule has 0 bridgehead atoms. The van der Waals surface area contributed by atoms with Gasteiger partial charge in [-0.05, 0) is 17.5 Å². The van der Waals surface area contributed by atoms with E-state index in [0.29, 0.717) is 0 Å². The number of sulfone groups is 1. The highest BCUT2D eigenvalue weighted by Crippen LogP contribution is 2.52. The Morgan fingerprint density at radius 3 is 2.17 bits per heavy atom. The van der Waals surface area contributed by atoms with Gasteiger partial charge in [0.1, 0.15) is 0 Å². The highest BCUT2D eigenvalue weighted by atomic mass is 32.2. The zero-order chi connectivity index (χ0) is 13.5. The standard InChI is InChI=1S/C13H16O4S/c1-3-8-4-6-9(7-5-8)10-11(13(14)15)12(10)18(2,16)17/h4-7,10-12H,3H2,1-2H3,(H,14,15)/t10-,11-,12+/m1/s1. The first kappa shape index (κ1) is 13.1. The molecule has 18 heavy (non-hydrogen) atoms. The Morgan fingerprint density at radius 2 is 1.83 bits per heavy atom. The predicted molar refractivity (Wildman–Crippen MR) is 68.3 cm³/mol. The van der Waals surface area contributed by atoms with Crippen molar-refractivity contribution >= 4 is 15.8 Å². The smallest absolute Gasteiger partial charge is 0.308 e. The molecule has 0 aliphatic heterocycles. The van der Waals surface area contributed by atoms with E-state index in [2.05, 4.69) is 0 Å². The van der Waals surface area contributed by atoms with Gasteiger partial charge in [0, 0.05) is 12.2 Å². The lowest BCUT2D eigenvalue weighted by atomic mass is 10.1. The monoisotopic (exact) mass is 268 g/mol. The maximum absolute atomic E-state index is 11.6. The lowest BCUT2D eigenvalue weighted by molar-refractivity contribution is -0.138. The van der Waals surface area contributed by atoms with Crippen molar-refractivity contribution in [3.63, 3.8) is 0 Å². The zero-order valence-corrected chi connectivity index (χ0v) is 11.1. The van der Waals surface area contributed by atoms with E-state index in [1.165, 1.54) is 0 Å². The van der Waals surface area contributed by atoms with E-state index in [9.17, 15) is 13.2 Å². The fourth-order valence-corrected chi connectivity index (χ4v) is 4.07. The van der Waals surface area contributed by atoms with Crippen LogP contribution in [-0.4, -0.2) is 31.0 Å². The Bertz CT molecular complexity index is 559. The van der Waals surface area contributed by atoms with Crippen LogP contribution in [0.5, 0.6) is 0 Å². The van der Waals surface area contributed by atoms with Crippen LogP contribution in [0.25, 0.3) is 0 Å². The maximum atomic E-state index is 11.6. The average Bonchev–Trinajstić information content (AvgIpc) is 3.04. The molecular weight excluding hydrogens is 252 g/mol. The quantitative estimate of drug-likeness (QED) is 0.897. The molecular formula is C13H16O4S. The van der Waals surface area contributed by atoms with Gasteiger partial charge in [-0.15, -0.1) is 0 Å². The molecule has 1 fully saturated rings. The minimum atomic E-state index is -3.32. The van der Waals surface area contributed by atoms with Crippen LogP contribution in [0.15, 0.2) is 24.3 Å². The lowest BCUT2D eigenvalue weighted by Crippen LogP contribution is -2.10. The second-order valence-electron chi connectivity index (χ2n) is 4.78. The van der Waals surface area contributed by atoms with Crippen LogP contribution in [0.1, 0.15) is 24.0 Å². The van der Waals surface area contributed by atoms with Crippen molar-refractivity contribution in [1.82, 2.24) is 0 Å². The third kappa shape index (κ3) is 2.27. The van der Waals surface area contributed by atoms with E-state index >= 15 is 0 Å². The van der Waals surface area contributed by atoms with Gasteiger partial charge in [-0.2, -0.15) is 0 Å². The molecule has 0 saturated heterocycles. The summed E-state index contributed by atoms with van der Waals surface area (Å²) in [5.41, 5.74) is 1.96. The number of carboxylic acids is 1. The van der Waals surface area contributed by atoms with Crippen LogP contribution in [-0.2, 0) is 21.1 Å². The summed E-state index contributed by atoms with van der Waals surface area (Å²) in [4.78, 5) is 11.1. The van der Waals surface area contributed by atoms with E-state index in [0.717, 1.165) is 23.8 Å². The summed E-state index contributed by atoms with van der Waals surface area (Å²) < 4.78 is 23.1. The van der Waals surface area contributed by atoms with Gasteiger partial charge < -0.3 is 5.11 Å². The minimum Gasteiger partial charge on any atom is -0.481 e. The maximum Gasteiger partial charge on any atom is 0.308 e. The van der Waals surface area contributed by atoms with Crippen molar-refractivity contribution < 1.29 is 18.3 Å². The molecule has 0 heterocycles. The second-order valence-corrected chi connectivity index (χ2v) is 6.98. The molecule has 0 unspecified atom stereocenters. The van der Waals surface area contributed by atoms with Crippen molar-refractivity contribution in [2.24, 2.45) is 5.92 Å². The molecule has 1 aromatic carbocycles. The van der Waals surface area contributed by atoms with E-state index in [1.54, 1.807) is 0 Å². The first-order chi connectivity index (χ1) is 8.36. The van der Waals surface area contributed by atoms with Crippen LogP contribution in [0.4, 0.5) is 0 Å². The summed E-state index contributed by atoms with van der Waals surface area (Å²) in [6.07, 6.45) is 2.01. The summed E-state index contributed by atoms with van der Waals surface area (Å²) in [7, 11) is -3.32. The van der Waals surface area contributed by atoms with Crippen LogP contribution in [0.3, 0.4) is 0 Å². The third-order valence-electron chi connectivity index (χ3n) is 3.51. The topological polar surface area (TPSA) is 71.4 Å². The van der Waals surface area contributed by atoms with Crippen LogP contribution < -0.4 is 0 Å². The normalized spacial score (nSPS) is 26.9. The first-order valence-corrected chi connectivity index (χ1v) is 7.82. The SMILES string of the molecule is CCc1ccc([C@@H]2[C@@H](C(=O)O)[C@H]2S(C)(=O)=O)cc1. The average molecular weight is 268 g/mol. The third-order valence-corrected chi connectivity index (χ3v) is 5.08. The van der Waals surface area contributed by atoms with Gasteiger partial charge in [-0.25, -0.2) is 8.42 Å². The van der Waals surface area contributed by atoms with E-state index < -0.39 is 32.9 Å². The van der Waals surface area contributed by atoms with Crippen molar-refractivity contribution in [2.45, 2.75) is 24.5 Å².